The molecule has 1 aliphatic carbocycles. The first kappa shape index (κ1) is 13.6. The molecule has 100 valence electrons. The van der Waals surface area contributed by atoms with Crippen LogP contribution in [0.25, 0.3) is 0 Å². The Hall–Kier alpha value is -0.820. The topological polar surface area (TPSA) is 26.0 Å². The lowest BCUT2D eigenvalue weighted by atomic mass is 9.76. The number of hydrogen-bond acceptors (Lipinski definition) is 1. The number of benzene rings is 1. The molecule has 18 heavy (non-hydrogen) atoms. The molecule has 2 rings (SSSR count). The Morgan fingerprint density at radius 2 is 2.00 bits per heavy atom. The molecule has 1 nitrogen and oxygen atoms in total. The van der Waals surface area contributed by atoms with Gasteiger partial charge in [-0.15, -0.1) is 0 Å². The van der Waals surface area contributed by atoms with Crippen LogP contribution in [0.15, 0.2) is 18.2 Å². The molecular formula is C17H27N. The standard InChI is InChI=1S/C17H27N/c1-12-7-8-14(10-13(12)2)11-16(18)15-6-5-9-17(15,3)4/h7-8,10,15-16H,5-6,9,11,18H2,1-4H3. The molecule has 0 radical (unpaired) electrons. The van der Waals surface area contributed by atoms with E-state index >= 15 is 0 Å². The molecule has 2 N–H and O–H groups in total. The van der Waals surface area contributed by atoms with E-state index in [1.807, 2.05) is 0 Å². The highest BCUT2D eigenvalue weighted by Crippen LogP contribution is 2.44. The lowest BCUT2D eigenvalue weighted by molar-refractivity contribution is 0.220. The van der Waals surface area contributed by atoms with Gasteiger partial charge in [0.2, 0.25) is 0 Å². The van der Waals surface area contributed by atoms with Gasteiger partial charge >= 0.3 is 0 Å². The fourth-order valence-corrected chi connectivity index (χ4v) is 3.49. The van der Waals surface area contributed by atoms with Gasteiger partial charge < -0.3 is 5.73 Å². The number of nitrogens with two attached hydrogens (primary N) is 1. The first-order valence-corrected chi connectivity index (χ1v) is 7.22. The van der Waals surface area contributed by atoms with Gasteiger partial charge in [-0.1, -0.05) is 38.5 Å². The first-order valence-electron chi connectivity index (χ1n) is 7.22. The van der Waals surface area contributed by atoms with Crippen LogP contribution < -0.4 is 5.73 Å². The third-order valence-corrected chi connectivity index (χ3v) is 4.90. The molecule has 0 spiro atoms. The summed E-state index contributed by atoms with van der Waals surface area (Å²) in [6.45, 7) is 9.11. The third kappa shape index (κ3) is 2.77. The van der Waals surface area contributed by atoms with Crippen LogP contribution >= 0.6 is 0 Å². The van der Waals surface area contributed by atoms with Crippen molar-refractivity contribution < 1.29 is 0 Å². The average Bonchev–Trinajstić information content (AvgIpc) is 2.63. The Kier molecular flexibility index (Phi) is 3.82. The van der Waals surface area contributed by atoms with E-state index in [-0.39, 0.29) is 0 Å². The molecule has 1 fully saturated rings. The molecule has 1 heteroatoms. The van der Waals surface area contributed by atoms with Crippen LogP contribution in [0.1, 0.15) is 49.8 Å². The van der Waals surface area contributed by atoms with Gasteiger partial charge in [0.15, 0.2) is 0 Å². The molecule has 2 atom stereocenters. The predicted molar refractivity (Wildman–Crippen MR) is 78.7 cm³/mol. The summed E-state index contributed by atoms with van der Waals surface area (Å²) in [5, 5.41) is 0. The fourth-order valence-electron chi connectivity index (χ4n) is 3.49. The zero-order valence-corrected chi connectivity index (χ0v) is 12.3. The van der Waals surface area contributed by atoms with Gasteiger partial charge in [0.25, 0.3) is 0 Å². The fraction of sp³-hybridized carbons (Fsp3) is 0.647. The van der Waals surface area contributed by atoms with Crippen molar-refractivity contribution in [2.24, 2.45) is 17.1 Å². The summed E-state index contributed by atoms with van der Waals surface area (Å²) in [6, 6.07) is 7.07. The average molecular weight is 245 g/mol. The molecule has 0 heterocycles. The van der Waals surface area contributed by atoms with E-state index < -0.39 is 0 Å². The molecule has 0 aromatic heterocycles. The smallest absolute Gasteiger partial charge is 0.0113 e. The molecule has 0 amide bonds. The van der Waals surface area contributed by atoms with Crippen molar-refractivity contribution in [2.45, 2.75) is 59.4 Å². The maximum atomic E-state index is 6.47. The molecule has 1 aromatic rings. The summed E-state index contributed by atoms with van der Waals surface area (Å²) in [5.41, 5.74) is 11.1. The van der Waals surface area contributed by atoms with Crippen molar-refractivity contribution in [1.82, 2.24) is 0 Å². The second-order valence-corrected chi connectivity index (χ2v) is 6.77. The van der Waals surface area contributed by atoms with Crippen LogP contribution in [-0.2, 0) is 6.42 Å². The van der Waals surface area contributed by atoms with Crippen molar-refractivity contribution in [3.63, 3.8) is 0 Å². The Labute approximate surface area is 112 Å². The first-order chi connectivity index (χ1) is 8.40. The summed E-state index contributed by atoms with van der Waals surface area (Å²) in [4.78, 5) is 0. The van der Waals surface area contributed by atoms with Gasteiger partial charge in [-0.3, -0.25) is 0 Å². The van der Waals surface area contributed by atoms with Crippen LogP contribution in [0.5, 0.6) is 0 Å². The summed E-state index contributed by atoms with van der Waals surface area (Å²) in [6.07, 6.45) is 5.00. The van der Waals surface area contributed by atoms with E-state index in [0.717, 1.165) is 6.42 Å². The summed E-state index contributed by atoms with van der Waals surface area (Å²) in [7, 11) is 0. The highest BCUT2D eigenvalue weighted by atomic mass is 14.7. The lowest BCUT2D eigenvalue weighted by Gasteiger charge is -2.32. The number of hydrogen-bond donors (Lipinski definition) is 1. The molecule has 2 unspecified atom stereocenters. The van der Waals surface area contributed by atoms with Crippen LogP contribution in [0, 0.1) is 25.2 Å². The van der Waals surface area contributed by atoms with Crippen molar-refractivity contribution >= 4 is 0 Å². The second kappa shape index (κ2) is 5.05. The van der Waals surface area contributed by atoms with Crippen LogP contribution in [0.3, 0.4) is 0 Å². The maximum absolute atomic E-state index is 6.47. The Morgan fingerprint density at radius 1 is 1.28 bits per heavy atom. The van der Waals surface area contributed by atoms with Crippen LogP contribution in [-0.4, -0.2) is 6.04 Å². The number of aryl methyl sites for hydroxylation is 2. The molecule has 0 saturated heterocycles. The molecular weight excluding hydrogens is 218 g/mol. The quantitative estimate of drug-likeness (QED) is 0.856. The third-order valence-electron chi connectivity index (χ3n) is 4.90. The minimum absolute atomic E-state index is 0.310. The van der Waals surface area contributed by atoms with E-state index in [9.17, 15) is 0 Å². The van der Waals surface area contributed by atoms with E-state index in [1.54, 1.807) is 0 Å². The molecule has 1 aromatic carbocycles. The van der Waals surface area contributed by atoms with Crippen LogP contribution in [0.2, 0.25) is 0 Å². The molecule has 0 bridgehead atoms. The zero-order valence-electron chi connectivity index (χ0n) is 12.3. The van der Waals surface area contributed by atoms with Gasteiger partial charge in [-0.2, -0.15) is 0 Å². The van der Waals surface area contributed by atoms with Crippen LogP contribution in [0.4, 0.5) is 0 Å². The second-order valence-electron chi connectivity index (χ2n) is 6.77. The SMILES string of the molecule is Cc1ccc(CC(N)C2CCCC2(C)C)cc1C. The van der Waals surface area contributed by atoms with E-state index in [2.05, 4.69) is 45.9 Å². The van der Waals surface area contributed by atoms with E-state index in [0.29, 0.717) is 17.4 Å². The van der Waals surface area contributed by atoms with Gasteiger partial charge in [-0.25, -0.2) is 0 Å². The zero-order chi connectivity index (χ0) is 13.3. The highest BCUT2D eigenvalue weighted by Gasteiger charge is 2.37. The molecule has 1 aliphatic rings. The van der Waals surface area contributed by atoms with Crippen molar-refractivity contribution in [3.05, 3.63) is 34.9 Å². The summed E-state index contributed by atoms with van der Waals surface area (Å²) >= 11 is 0. The summed E-state index contributed by atoms with van der Waals surface area (Å²) < 4.78 is 0. The monoisotopic (exact) mass is 245 g/mol. The van der Waals surface area contributed by atoms with Gasteiger partial charge in [0.1, 0.15) is 0 Å². The van der Waals surface area contributed by atoms with E-state index in [1.165, 1.54) is 36.0 Å². The minimum Gasteiger partial charge on any atom is -0.327 e. The van der Waals surface area contributed by atoms with Gasteiger partial charge in [-0.05, 0) is 61.1 Å². The summed E-state index contributed by atoms with van der Waals surface area (Å²) in [5.74, 6) is 0.680. The highest BCUT2D eigenvalue weighted by molar-refractivity contribution is 5.30. The van der Waals surface area contributed by atoms with Crippen molar-refractivity contribution in [3.8, 4) is 0 Å². The lowest BCUT2D eigenvalue weighted by Crippen LogP contribution is -2.38. The normalized spacial score (nSPS) is 24.2. The van der Waals surface area contributed by atoms with Crippen molar-refractivity contribution in [2.75, 3.05) is 0 Å². The molecule has 1 saturated carbocycles. The Morgan fingerprint density at radius 3 is 2.56 bits per heavy atom. The maximum Gasteiger partial charge on any atom is 0.0113 e. The molecule has 0 aliphatic heterocycles. The van der Waals surface area contributed by atoms with Gasteiger partial charge in [0, 0.05) is 6.04 Å². The largest absolute Gasteiger partial charge is 0.327 e. The minimum atomic E-state index is 0.310. The Balaban J connectivity index is 2.07. The Bertz CT molecular complexity index is 420. The number of rotatable bonds is 3. The van der Waals surface area contributed by atoms with Gasteiger partial charge in [0.05, 0.1) is 0 Å². The predicted octanol–water partition coefficient (Wildman–Crippen LogP) is 4.00. The van der Waals surface area contributed by atoms with Crippen molar-refractivity contribution in [1.29, 1.82) is 0 Å². The van der Waals surface area contributed by atoms with E-state index in [4.69, 9.17) is 5.73 Å².